The molecule has 0 unspecified atom stereocenters. The van der Waals surface area contributed by atoms with Crippen LogP contribution in [0.2, 0.25) is 0 Å². The van der Waals surface area contributed by atoms with Gasteiger partial charge in [-0.1, -0.05) is 6.42 Å². The largest absolute Gasteiger partial charge is 0.622 e. The van der Waals surface area contributed by atoms with E-state index in [1.807, 2.05) is 0 Å². The summed E-state index contributed by atoms with van der Waals surface area (Å²) >= 11 is 0. The third kappa shape index (κ3) is 1.48. The molecular formula is C12H13N3O3. The zero-order valence-electron chi connectivity index (χ0n) is 9.83. The minimum Gasteiger partial charge on any atom is -0.622 e. The lowest BCUT2D eigenvalue weighted by Crippen LogP contribution is -2.44. The number of nitro benzene ring substituents is 1. The quantitative estimate of drug-likeness (QED) is 0.319. The number of hydroxylamine groups is 1. The van der Waals surface area contributed by atoms with Gasteiger partial charge in [-0.15, -0.1) is 0 Å². The fourth-order valence-corrected chi connectivity index (χ4v) is 2.81. The summed E-state index contributed by atoms with van der Waals surface area (Å²) < 4.78 is 0.883. The van der Waals surface area contributed by atoms with Crippen molar-refractivity contribution < 1.29 is 4.92 Å². The highest BCUT2D eigenvalue weighted by atomic mass is 16.6. The highest BCUT2D eigenvalue weighted by Crippen LogP contribution is 2.31. The average molecular weight is 247 g/mol. The summed E-state index contributed by atoms with van der Waals surface area (Å²) in [5, 5.41) is 24.0. The van der Waals surface area contributed by atoms with Crippen molar-refractivity contribution in [2.45, 2.75) is 37.8 Å². The van der Waals surface area contributed by atoms with Gasteiger partial charge in [-0.25, -0.2) is 4.99 Å². The average Bonchev–Trinajstić information content (AvgIpc) is 2.63. The maximum Gasteiger partial charge on any atom is 0.276 e. The summed E-state index contributed by atoms with van der Waals surface area (Å²) in [5.41, 5.74) is -0.756. The molecule has 0 amide bonds. The van der Waals surface area contributed by atoms with Crippen molar-refractivity contribution >= 4 is 5.69 Å². The molecule has 2 aliphatic rings. The van der Waals surface area contributed by atoms with E-state index in [1.165, 1.54) is 12.1 Å². The Balaban J connectivity index is 2.18. The number of non-ortho nitro benzene ring substituents is 1. The lowest BCUT2D eigenvalue weighted by Gasteiger charge is -2.28. The molecule has 6 nitrogen and oxygen atoms in total. The van der Waals surface area contributed by atoms with E-state index in [2.05, 4.69) is 4.99 Å². The Morgan fingerprint density at radius 1 is 1.28 bits per heavy atom. The van der Waals surface area contributed by atoms with Crippen molar-refractivity contribution in [3.63, 3.8) is 0 Å². The normalized spacial score (nSPS) is 20.6. The van der Waals surface area contributed by atoms with Gasteiger partial charge in [0.05, 0.1) is 11.0 Å². The molecule has 1 spiro atoms. The molecule has 18 heavy (non-hydrogen) atoms. The Kier molecular flexibility index (Phi) is 2.33. The lowest BCUT2D eigenvalue weighted by atomic mass is 9.90. The predicted octanol–water partition coefficient (Wildman–Crippen LogP) is 0.877. The van der Waals surface area contributed by atoms with Crippen LogP contribution < -0.4 is 15.5 Å². The van der Waals surface area contributed by atoms with E-state index in [0.29, 0.717) is 10.7 Å². The Labute approximate surface area is 103 Å². The monoisotopic (exact) mass is 247 g/mol. The Morgan fingerprint density at radius 2 is 2.00 bits per heavy atom. The molecule has 1 aromatic rings. The molecule has 0 aromatic heterocycles. The maximum atomic E-state index is 12.3. The fraction of sp³-hybridized carbons (Fsp3) is 0.500. The molecule has 0 atom stereocenters. The standard InChI is InChI=1S/C12H13N3O3/c16-14-11-8-9(15(17)18)4-5-10(11)13-12(14)6-2-1-3-7-12/h4-5,8H,1-3,6-7H2. The van der Waals surface area contributed by atoms with Crippen LogP contribution >= 0.6 is 0 Å². The van der Waals surface area contributed by atoms with Gasteiger partial charge in [-0.3, -0.25) is 10.1 Å². The van der Waals surface area contributed by atoms with Crippen molar-refractivity contribution in [3.05, 3.63) is 44.2 Å². The molecule has 0 saturated heterocycles. The highest BCUT2D eigenvalue weighted by molar-refractivity contribution is 5.29. The van der Waals surface area contributed by atoms with Crippen LogP contribution in [0.3, 0.4) is 0 Å². The van der Waals surface area contributed by atoms with E-state index in [4.69, 9.17) is 0 Å². The van der Waals surface area contributed by atoms with Crippen LogP contribution in [0.1, 0.15) is 32.1 Å². The number of hydrogen-bond donors (Lipinski definition) is 0. The molecular weight excluding hydrogens is 234 g/mol. The first-order chi connectivity index (χ1) is 8.62. The number of benzene rings is 1. The first kappa shape index (κ1) is 11.1. The van der Waals surface area contributed by atoms with Gasteiger partial charge in [-0.05, 0) is 18.9 Å². The Morgan fingerprint density at radius 3 is 2.67 bits per heavy atom. The summed E-state index contributed by atoms with van der Waals surface area (Å²) in [5.74, 6) is 0. The second-order valence-corrected chi connectivity index (χ2v) is 4.88. The molecule has 6 heteroatoms. The van der Waals surface area contributed by atoms with Crippen molar-refractivity contribution in [2.75, 3.05) is 0 Å². The Hall–Kier alpha value is -1.98. The minimum absolute atomic E-state index is 0.0577. The zero-order valence-corrected chi connectivity index (χ0v) is 9.83. The van der Waals surface area contributed by atoms with Gasteiger partial charge in [0, 0.05) is 18.9 Å². The van der Waals surface area contributed by atoms with Crippen LogP contribution in [0.25, 0.3) is 0 Å². The first-order valence-electron chi connectivity index (χ1n) is 6.11. The summed E-state index contributed by atoms with van der Waals surface area (Å²) in [6, 6.07) is 4.30. The van der Waals surface area contributed by atoms with E-state index in [0.717, 1.165) is 36.8 Å². The van der Waals surface area contributed by atoms with E-state index in [1.54, 1.807) is 6.07 Å². The van der Waals surface area contributed by atoms with Crippen molar-refractivity contribution in [1.82, 2.24) is 4.74 Å². The molecule has 1 aliphatic carbocycles. The fourth-order valence-electron chi connectivity index (χ4n) is 2.81. The third-order valence-corrected chi connectivity index (χ3v) is 3.75. The first-order valence-corrected chi connectivity index (χ1v) is 6.11. The van der Waals surface area contributed by atoms with Crippen LogP contribution in [-0.2, 0) is 0 Å². The molecule has 1 fully saturated rings. The third-order valence-electron chi connectivity index (χ3n) is 3.75. The van der Waals surface area contributed by atoms with E-state index < -0.39 is 10.6 Å². The van der Waals surface area contributed by atoms with Gasteiger partial charge in [-0.2, -0.15) is 4.74 Å². The van der Waals surface area contributed by atoms with Crippen LogP contribution in [0.5, 0.6) is 0 Å². The topological polar surface area (TPSA) is 81.6 Å². The summed E-state index contributed by atoms with van der Waals surface area (Å²) in [6.45, 7) is 0. The molecule has 94 valence electrons. The lowest BCUT2D eigenvalue weighted by molar-refractivity contribution is -0.385. The second-order valence-electron chi connectivity index (χ2n) is 4.88. The number of rotatable bonds is 1. The minimum atomic E-state index is -0.699. The van der Waals surface area contributed by atoms with Crippen molar-refractivity contribution in [1.29, 1.82) is 0 Å². The summed E-state index contributed by atoms with van der Waals surface area (Å²) in [6.07, 6.45) is 4.57. The predicted molar refractivity (Wildman–Crippen MR) is 64.3 cm³/mol. The van der Waals surface area contributed by atoms with Crippen LogP contribution in [0.4, 0.5) is 5.69 Å². The Bertz CT molecular complexity index is 632. The zero-order chi connectivity index (χ0) is 12.8. The molecule has 3 rings (SSSR count). The molecule has 0 radical (unpaired) electrons. The summed E-state index contributed by atoms with van der Waals surface area (Å²) in [7, 11) is 0. The van der Waals surface area contributed by atoms with E-state index in [9.17, 15) is 15.3 Å². The van der Waals surface area contributed by atoms with Crippen LogP contribution in [0, 0.1) is 15.3 Å². The van der Waals surface area contributed by atoms with E-state index in [-0.39, 0.29) is 5.69 Å². The van der Waals surface area contributed by atoms with Gasteiger partial charge in [0.25, 0.3) is 11.4 Å². The van der Waals surface area contributed by atoms with Gasteiger partial charge >= 0.3 is 0 Å². The van der Waals surface area contributed by atoms with Gasteiger partial charge < -0.3 is 5.21 Å². The molecule has 0 N–H and O–H groups in total. The second kappa shape index (κ2) is 3.76. The number of nitrogens with zero attached hydrogens (tertiary/aromatic N) is 3. The van der Waals surface area contributed by atoms with Crippen LogP contribution in [0.15, 0.2) is 23.2 Å². The van der Waals surface area contributed by atoms with Gasteiger partial charge in [0.15, 0.2) is 0 Å². The smallest absolute Gasteiger partial charge is 0.276 e. The molecule has 1 aliphatic heterocycles. The molecule has 1 aromatic carbocycles. The van der Waals surface area contributed by atoms with Crippen molar-refractivity contribution in [3.8, 4) is 0 Å². The maximum absolute atomic E-state index is 12.3. The number of fused-ring (bicyclic) bond motifs is 1. The van der Waals surface area contributed by atoms with Crippen molar-refractivity contribution in [2.24, 2.45) is 4.99 Å². The SMILES string of the molecule is O=[N+]([O-])c1ccc2c(c1)=[N+]([O-])C1(CCCCC1)N=2. The van der Waals surface area contributed by atoms with Gasteiger partial charge in [0.1, 0.15) is 5.36 Å². The molecule has 1 heterocycles. The molecule has 0 bridgehead atoms. The summed E-state index contributed by atoms with van der Waals surface area (Å²) in [4.78, 5) is 14.8. The van der Waals surface area contributed by atoms with E-state index >= 15 is 0 Å². The number of nitro groups is 1. The number of hydrogen-bond acceptors (Lipinski definition) is 4. The van der Waals surface area contributed by atoms with Crippen LogP contribution in [-0.4, -0.2) is 10.6 Å². The molecule has 1 saturated carbocycles. The highest BCUT2D eigenvalue weighted by Gasteiger charge is 2.43. The van der Waals surface area contributed by atoms with Gasteiger partial charge in [0.2, 0.25) is 5.36 Å².